The number of piperazine rings is 1. The van der Waals surface area contributed by atoms with Gasteiger partial charge in [-0.2, -0.15) is 0 Å². The number of anilines is 1. The number of nitrogens with zero attached hydrogens (tertiary/aromatic N) is 2. The molecule has 0 aliphatic carbocycles. The minimum absolute atomic E-state index is 0.105. The predicted octanol–water partition coefficient (Wildman–Crippen LogP) is 1.30. The molecule has 94 valence electrons. The van der Waals surface area contributed by atoms with Crippen LogP contribution >= 0.6 is 0 Å². The van der Waals surface area contributed by atoms with E-state index in [4.69, 9.17) is 0 Å². The van der Waals surface area contributed by atoms with Gasteiger partial charge in [-0.1, -0.05) is 6.07 Å². The van der Waals surface area contributed by atoms with Gasteiger partial charge in [-0.15, -0.1) is 0 Å². The second-order valence-corrected chi connectivity index (χ2v) is 4.76. The molecule has 0 atom stereocenters. The van der Waals surface area contributed by atoms with Crippen molar-refractivity contribution in [2.45, 2.75) is 6.54 Å². The van der Waals surface area contributed by atoms with E-state index in [0.717, 1.165) is 44.0 Å². The van der Waals surface area contributed by atoms with Gasteiger partial charge in [-0.25, -0.2) is 4.39 Å². The summed E-state index contributed by atoms with van der Waals surface area (Å²) in [5.74, 6) is -0.105. The van der Waals surface area contributed by atoms with Crippen molar-refractivity contribution in [1.82, 2.24) is 10.2 Å². The number of nitrogens with one attached hydrogen (secondary N) is 1. The Balaban J connectivity index is 2.13. The lowest BCUT2D eigenvalue weighted by Crippen LogP contribution is -2.43. The number of benzene rings is 1. The topological polar surface area (TPSA) is 18.5 Å². The van der Waals surface area contributed by atoms with E-state index in [-0.39, 0.29) is 5.82 Å². The van der Waals surface area contributed by atoms with Crippen molar-refractivity contribution >= 4 is 5.69 Å². The molecule has 1 aromatic carbocycles. The van der Waals surface area contributed by atoms with E-state index in [2.05, 4.69) is 10.2 Å². The lowest BCUT2D eigenvalue weighted by Gasteiger charge is -2.29. The molecule has 0 bridgehead atoms. The van der Waals surface area contributed by atoms with E-state index >= 15 is 0 Å². The molecule has 4 heteroatoms. The zero-order chi connectivity index (χ0) is 12.3. The van der Waals surface area contributed by atoms with E-state index in [1.165, 1.54) is 0 Å². The highest BCUT2D eigenvalue weighted by Crippen LogP contribution is 2.21. The van der Waals surface area contributed by atoms with Crippen molar-refractivity contribution in [3.05, 3.63) is 29.6 Å². The molecule has 0 radical (unpaired) electrons. The third-order valence-corrected chi connectivity index (χ3v) is 2.97. The zero-order valence-corrected chi connectivity index (χ0v) is 10.5. The van der Waals surface area contributed by atoms with Crippen molar-refractivity contribution in [1.29, 1.82) is 0 Å². The third kappa shape index (κ3) is 3.17. The lowest BCUT2D eigenvalue weighted by molar-refractivity contribution is 0.401. The molecular weight excluding hydrogens is 217 g/mol. The van der Waals surface area contributed by atoms with E-state index in [0.29, 0.717) is 0 Å². The van der Waals surface area contributed by atoms with Crippen LogP contribution in [0.2, 0.25) is 0 Å². The second kappa shape index (κ2) is 5.47. The van der Waals surface area contributed by atoms with Crippen LogP contribution in [0, 0.1) is 5.82 Å². The van der Waals surface area contributed by atoms with Gasteiger partial charge in [0.15, 0.2) is 0 Å². The van der Waals surface area contributed by atoms with Gasteiger partial charge in [0.1, 0.15) is 5.82 Å². The van der Waals surface area contributed by atoms with Gasteiger partial charge in [0.25, 0.3) is 0 Å². The molecule has 0 aromatic heterocycles. The van der Waals surface area contributed by atoms with Crippen LogP contribution in [-0.2, 0) is 6.54 Å². The molecule has 1 aromatic rings. The highest BCUT2D eigenvalue weighted by Gasteiger charge is 2.14. The quantitative estimate of drug-likeness (QED) is 0.855. The number of hydrogen-bond acceptors (Lipinski definition) is 3. The average Bonchev–Trinajstić information content (AvgIpc) is 2.29. The first kappa shape index (κ1) is 12.3. The van der Waals surface area contributed by atoms with Crippen molar-refractivity contribution in [3.8, 4) is 0 Å². The van der Waals surface area contributed by atoms with Crippen LogP contribution in [0.5, 0.6) is 0 Å². The molecule has 1 fully saturated rings. The Labute approximate surface area is 102 Å². The van der Waals surface area contributed by atoms with E-state index in [1.807, 2.05) is 31.1 Å². The Hall–Kier alpha value is -1.13. The van der Waals surface area contributed by atoms with Gasteiger partial charge in [0.05, 0.1) is 5.69 Å². The molecule has 0 unspecified atom stereocenters. The fourth-order valence-electron chi connectivity index (χ4n) is 2.18. The van der Waals surface area contributed by atoms with Gasteiger partial charge in [0, 0.05) is 32.7 Å². The molecule has 17 heavy (non-hydrogen) atoms. The number of rotatable bonds is 3. The van der Waals surface area contributed by atoms with Crippen LogP contribution in [0.25, 0.3) is 0 Å². The SMILES string of the molecule is CN(C)Cc1ccc(N2CCNCC2)c(F)c1. The summed E-state index contributed by atoms with van der Waals surface area (Å²) in [5, 5.41) is 3.27. The van der Waals surface area contributed by atoms with Crippen LogP contribution in [0.3, 0.4) is 0 Å². The maximum Gasteiger partial charge on any atom is 0.146 e. The summed E-state index contributed by atoms with van der Waals surface area (Å²) in [6, 6.07) is 5.57. The predicted molar refractivity (Wildman–Crippen MR) is 68.9 cm³/mol. The summed E-state index contributed by atoms with van der Waals surface area (Å²) in [6.45, 7) is 4.39. The van der Waals surface area contributed by atoms with Gasteiger partial charge in [-0.3, -0.25) is 0 Å². The molecule has 3 nitrogen and oxygen atoms in total. The van der Waals surface area contributed by atoms with Gasteiger partial charge in [0.2, 0.25) is 0 Å². The summed E-state index contributed by atoms with van der Waals surface area (Å²) in [6.07, 6.45) is 0. The summed E-state index contributed by atoms with van der Waals surface area (Å²) in [4.78, 5) is 4.14. The monoisotopic (exact) mass is 237 g/mol. The number of hydrogen-bond donors (Lipinski definition) is 1. The lowest BCUT2D eigenvalue weighted by atomic mass is 10.1. The first-order chi connectivity index (χ1) is 8.16. The van der Waals surface area contributed by atoms with Gasteiger partial charge < -0.3 is 15.1 Å². The van der Waals surface area contributed by atoms with Gasteiger partial charge in [-0.05, 0) is 31.8 Å². The Morgan fingerprint density at radius 2 is 2.00 bits per heavy atom. The van der Waals surface area contributed by atoms with E-state index < -0.39 is 0 Å². The third-order valence-electron chi connectivity index (χ3n) is 2.97. The maximum atomic E-state index is 14.0. The molecule has 1 saturated heterocycles. The van der Waals surface area contributed by atoms with Crippen molar-refractivity contribution in [3.63, 3.8) is 0 Å². The molecule has 0 amide bonds. The molecule has 1 aliphatic rings. The first-order valence-electron chi connectivity index (χ1n) is 6.05. The minimum atomic E-state index is -0.105. The molecule has 0 saturated carbocycles. The van der Waals surface area contributed by atoms with Crippen LogP contribution < -0.4 is 10.2 Å². The van der Waals surface area contributed by atoms with Crippen LogP contribution in [-0.4, -0.2) is 45.2 Å². The average molecular weight is 237 g/mol. The summed E-state index contributed by atoms with van der Waals surface area (Å²) < 4.78 is 14.0. The standard InChI is InChI=1S/C13H20FN3/c1-16(2)10-11-3-4-13(12(14)9-11)17-7-5-15-6-8-17/h3-4,9,15H,5-8,10H2,1-2H3. The molecule has 2 rings (SSSR count). The molecule has 0 spiro atoms. The summed E-state index contributed by atoms with van der Waals surface area (Å²) in [5.41, 5.74) is 1.75. The Bertz CT molecular complexity index is 373. The minimum Gasteiger partial charge on any atom is -0.367 e. The fraction of sp³-hybridized carbons (Fsp3) is 0.538. The van der Waals surface area contributed by atoms with Crippen molar-refractivity contribution in [2.75, 3.05) is 45.2 Å². The van der Waals surface area contributed by atoms with Crippen LogP contribution in [0.4, 0.5) is 10.1 Å². The molecule has 1 aliphatic heterocycles. The second-order valence-electron chi connectivity index (χ2n) is 4.76. The highest BCUT2D eigenvalue weighted by atomic mass is 19.1. The van der Waals surface area contributed by atoms with Gasteiger partial charge >= 0.3 is 0 Å². The summed E-state index contributed by atoms with van der Waals surface area (Å²) >= 11 is 0. The van der Waals surface area contributed by atoms with Crippen LogP contribution in [0.15, 0.2) is 18.2 Å². The smallest absolute Gasteiger partial charge is 0.146 e. The zero-order valence-electron chi connectivity index (χ0n) is 10.5. The van der Waals surface area contributed by atoms with E-state index in [1.54, 1.807) is 6.07 Å². The van der Waals surface area contributed by atoms with Crippen molar-refractivity contribution < 1.29 is 4.39 Å². The Kier molecular flexibility index (Phi) is 3.97. The number of halogens is 1. The molecule has 1 N–H and O–H groups in total. The Morgan fingerprint density at radius 1 is 1.29 bits per heavy atom. The molecule has 1 heterocycles. The van der Waals surface area contributed by atoms with E-state index in [9.17, 15) is 4.39 Å². The largest absolute Gasteiger partial charge is 0.367 e. The maximum absolute atomic E-state index is 14.0. The van der Waals surface area contributed by atoms with Crippen molar-refractivity contribution in [2.24, 2.45) is 0 Å². The highest BCUT2D eigenvalue weighted by molar-refractivity contribution is 5.49. The molecular formula is C13H20FN3. The van der Waals surface area contributed by atoms with Crippen LogP contribution in [0.1, 0.15) is 5.56 Å². The normalized spacial score (nSPS) is 16.6. The first-order valence-corrected chi connectivity index (χ1v) is 6.05. The Morgan fingerprint density at radius 3 is 2.59 bits per heavy atom. The fourth-order valence-corrected chi connectivity index (χ4v) is 2.18. The summed E-state index contributed by atoms with van der Waals surface area (Å²) in [7, 11) is 3.98.